The van der Waals surface area contributed by atoms with E-state index in [4.69, 9.17) is 0 Å². The quantitative estimate of drug-likeness (QED) is 0.0783. The van der Waals surface area contributed by atoms with Crippen LogP contribution in [0.5, 0.6) is 23.0 Å². The Morgan fingerprint density at radius 3 is 1.44 bits per heavy atom. The minimum atomic E-state index is -0.340. The Bertz CT molecular complexity index is 2830. The molecular weight excluding hydrogens is 687 g/mol. The molecule has 7 nitrogen and oxygen atoms in total. The second-order valence-corrected chi connectivity index (χ2v) is 14.3. The Balaban J connectivity index is 1.41. The second kappa shape index (κ2) is 13.5. The van der Waals surface area contributed by atoms with Gasteiger partial charge in [0.2, 0.25) is 0 Å². The van der Waals surface area contributed by atoms with E-state index in [-0.39, 0.29) is 69.7 Å². The highest BCUT2D eigenvalue weighted by atomic mass is 16.3. The van der Waals surface area contributed by atoms with Crippen molar-refractivity contribution < 1.29 is 30.0 Å². The number of aryl methyl sites for hydroxylation is 2. The summed E-state index contributed by atoms with van der Waals surface area (Å²) in [7, 11) is 0. The Kier molecular flexibility index (Phi) is 8.65. The monoisotopic (exact) mass is 725 g/mol. The van der Waals surface area contributed by atoms with Crippen molar-refractivity contribution in [1.82, 2.24) is 4.98 Å². The van der Waals surface area contributed by atoms with Crippen LogP contribution in [0.4, 0.5) is 0 Å². The van der Waals surface area contributed by atoms with E-state index in [1.807, 2.05) is 36.4 Å². The average Bonchev–Trinajstić information content (AvgIpc) is 3.52. The van der Waals surface area contributed by atoms with Gasteiger partial charge in [-0.3, -0.25) is 9.59 Å². The number of ketones is 2. The van der Waals surface area contributed by atoms with Gasteiger partial charge in [0.25, 0.3) is 0 Å². The highest BCUT2D eigenvalue weighted by Gasteiger charge is 2.25. The number of carbonyl (C=O) groups excluding carboxylic acids is 2. The summed E-state index contributed by atoms with van der Waals surface area (Å²) in [6.07, 6.45) is 0.0171. The molecule has 7 heteroatoms. The van der Waals surface area contributed by atoms with Crippen LogP contribution in [0.1, 0.15) is 68.1 Å². The van der Waals surface area contributed by atoms with Gasteiger partial charge in [-0.1, -0.05) is 84.9 Å². The molecule has 0 aliphatic heterocycles. The maximum atomic E-state index is 12.6. The molecule has 1 heterocycles. The van der Waals surface area contributed by atoms with Gasteiger partial charge in [0, 0.05) is 40.6 Å². The Hall–Kier alpha value is -6.86. The van der Waals surface area contributed by atoms with E-state index in [0.717, 1.165) is 54.7 Å². The zero-order valence-electron chi connectivity index (χ0n) is 30.9. The lowest BCUT2D eigenvalue weighted by Crippen LogP contribution is -2.03. The van der Waals surface area contributed by atoms with Gasteiger partial charge in [0.15, 0.2) is 11.6 Å². The highest BCUT2D eigenvalue weighted by Crippen LogP contribution is 2.46. The topological polar surface area (TPSA) is 131 Å². The minimum absolute atomic E-state index is 0.00348. The summed E-state index contributed by atoms with van der Waals surface area (Å²) in [6.45, 7) is 6.08. The molecule has 0 fully saturated rings. The normalized spacial score (nSPS) is 11.5. The smallest absolute Gasteiger partial charge is 0.163 e. The number of fused-ring (bicyclic) bond motifs is 3. The number of aromatic hydroxyl groups is 4. The standard InChI is InChI=1S/C48H39NO6/c1-25-20-35(27(3)50)47(54)39(45(25)52)23-38-37-22-30(18-19-41(37)49-42(38)24-40-46(53)26(2)21-36(28(4)51)48(40)55)44-33-16-10-8-14-31(33)43(29-12-6-5-7-13-29)32-15-9-11-17-34(32)44/h5-22,49,52-55H,23-24H2,1-4H3. The van der Waals surface area contributed by atoms with Gasteiger partial charge >= 0.3 is 0 Å². The summed E-state index contributed by atoms with van der Waals surface area (Å²) >= 11 is 0. The van der Waals surface area contributed by atoms with Gasteiger partial charge in [-0.2, -0.15) is 0 Å². The van der Waals surface area contributed by atoms with Crippen molar-refractivity contribution in [3.8, 4) is 45.3 Å². The number of phenolic OH excluding ortho intramolecular Hbond substituents is 4. The van der Waals surface area contributed by atoms with Crippen molar-refractivity contribution in [2.24, 2.45) is 0 Å². The van der Waals surface area contributed by atoms with E-state index >= 15 is 0 Å². The van der Waals surface area contributed by atoms with Crippen molar-refractivity contribution in [3.05, 3.63) is 154 Å². The van der Waals surface area contributed by atoms with Gasteiger partial charge in [-0.05, 0) is 112 Å². The van der Waals surface area contributed by atoms with Crippen LogP contribution in [-0.4, -0.2) is 37.0 Å². The molecule has 0 bridgehead atoms. The maximum absolute atomic E-state index is 12.6. The molecule has 0 unspecified atom stereocenters. The molecule has 0 saturated heterocycles. The summed E-state index contributed by atoms with van der Waals surface area (Å²) in [5, 5.41) is 50.4. The van der Waals surface area contributed by atoms with Crippen LogP contribution >= 0.6 is 0 Å². The Labute approximate surface area is 317 Å². The van der Waals surface area contributed by atoms with E-state index < -0.39 is 0 Å². The lowest BCUT2D eigenvalue weighted by atomic mass is 9.85. The number of H-pyrrole nitrogens is 1. The molecule has 0 spiro atoms. The third-order valence-electron chi connectivity index (χ3n) is 10.9. The number of benzene rings is 7. The molecule has 272 valence electrons. The first kappa shape index (κ1) is 35.2. The molecule has 0 aliphatic rings. The van der Waals surface area contributed by atoms with Crippen LogP contribution in [0.3, 0.4) is 0 Å². The first-order chi connectivity index (χ1) is 26.4. The maximum Gasteiger partial charge on any atom is 0.163 e. The van der Waals surface area contributed by atoms with Crippen molar-refractivity contribution >= 4 is 44.0 Å². The SMILES string of the molecule is CC(=O)c1cc(C)c(O)c(Cc2[nH]c3ccc(-c4c5ccccc5c(-c5ccccc5)c5ccccc45)cc3c2Cc2c(O)c(C)cc(C(C)=O)c2O)c1O. The number of hydrogen-bond acceptors (Lipinski definition) is 6. The second-order valence-electron chi connectivity index (χ2n) is 14.3. The molecule has 8 rings (SSSR count). The summed E-state index contributed by atoms with van der Waals surface area (Å²) in [5.74, 6) is -1.56. The van der Waals surface area contributed by atoms with Crippen LogP contribution in [-0.2, 0) is 12.8 Å². The van der Waals surface area contributed by atoms with Crippen LogP contribution < -0.4 is 0 Å². The van der Waals surface area contributed by atoms with E-state index in [2.05, 4.69) is 65.6 Å². The van der Waals surface area contributed by atoms with Crippen molar-refractivity contribution in [2.45, 2.75) is 40.5 Å². The van der Waals surface area contributed by atoms with Gasteiger partial charge in [-0.15, -0.1) is 0 Å². The number of carbonyl (C=O) groups is 2. The molecule has 5 N–H and O–H groups in total. The summed E-state index contributed by atoms with van der Waals surface area (Å²) in [4.78, 5) is 28.6. The largest absolute Gasteiger partial charge is 0.507 e. The van der Waals surface area contributed by atoms with Gasteiger partial charge in [-0.25, -0.2) is 0 Å². The summed E-state index contributed by atoms with van der Waals surface area (Å²) < 4.78 is 0. The Morgan fingerprint density at radius 2 is 0.945 bits per heavy atom. The van der Waals surface area contributed by atoms with E-state index in [0.29, 0.717) is 22.4 Å². The number of rotatable bonds is 8. The van der Waals surface area contributed by atoms with Crippen LogP contribution in [0.25, 0.3) is 54.7 Å². The van der Waals surface area contributed by atoms with E-state index in [1.165, 1.54) is 26.0 Å². The number of hydrogen-bond donors (Lipinski definition) is 5. The number of aromatic nitrogens is 1. The van der Waals surface area contributed by atoms with Crippen molar-refractivity contribution in [3.63, 3.8) is 0 Å². The van der Waals surface area contributed by atoms with Gasteiger partial charge in [0.1, 0.15) is 23.0 Å². The van der Waals surface area contributed by atoms with Crippen LogP contribution in [0.2, 0.25) is 0 Å². The molecule has 55 heavy (non-hydrogen) atoms. The predicted octanol–water partition coefficient (Wildman–Crippen LogP) is 10.8. The molecule has 0 aliphatic carbocycles. The van der Waals surface area contributed by atoms with Crippen molar-refractivity contribution in [1.29, 1.82) is 0 Å². The third kappa shape index (κ3) is 5.85. The van der Waals surface area contributed by atoms with Crippen molar-refractivity contribution in [2.75, 3.05) is 0 Å². The van der Waals surface area contributed by atoms with Crippen LogP contribution in [0.15, 0.2) is 109 Å². The molecule has 7 aromatic carbocycles. The first-order valence-electron chi connectivity index (χ1n) is 18.2. The lowest BCUT2D eigenvalue weighted by molar-refractivity contribution is 0.100. The molecule has 1 aromatic heterocycles. The predicted molar refractivity (Wildman–Crippen MR) is 219 cm³/mol. The molecule has 0 amide bonds. The molecule has 0 saturated carbocycles. The molecular formula is C48H39NO6. The average molecular weight is 726 g/mol. The first-order valence-corrected chi connectivity index (χ1v) is 18.2. The highest BCUT2D eigenvalue weighted by molar-refractivity contribution is 6.21. The summed E-state index contributed by atoms with van der Waals surface area (Å²) in [6, 6.07) is 36.2. The third-order valence-corrected chi connectivity index (χ3v) is 10.9. The number of Topliss-reactive ketones (excluding diaryl/α,β-unsaturated/α-hetero) is 2. The van der Waals surface area contributed by atoms with Crippen LogP contribution in [0, 0.1) is 13.8 Å². The number of aromatic amines is 1. The number of phenols is 4. The van der Waals surface area contributed by atoms with E-state index in [1.54, 1.807) is 13.8 Å². The zero-order chi connectivity index (χ0) is 38.7. The van der Waals surface area contributed by atoms with Gasteiger partial charge in [0.05, 0.1) is 11.1 Å². The van der Waals surface area contributed by atoms with E-state index in [9.17, 15) is 30.0 Å². The molecule has 8 aromatic rings. The lowest BCUT2D eigenvalue weighted by Gasteiger charge is -2.18. The fraction of sp³-hybridized carbons (Fsp3) is 0.125. The van der Waals surface area contributed by atoms with Gasteiger partial charge < -0.3 is 25.4 Å². The molecule has 0 radical (unpaired) electrons. The minimum Gasteiger partial charge on any atom is -0.507 e. The Morgan fingerprint density at radius 1 is 0.491 bits per heavy atom. The molecule has 0 atom stereocenters. The summed E-state index contributed by atoms with van der Waals surface area (Å²) in [5.41, 5.74) is 7.72. The fourth-order valence-electron chi connectivity index (χ4n) is 8.12. The fourth-order valence-corrected chi connectivity index (χ4v) is 8.12. The number of nitrogens with one attached hydrogen (secondary N) is 1. The zero-order valence-corrected chi connectivity index (χ0v) is 30.9.